The SMILES string of the molecule is CC(C)CNC(=O)c1ccccc1NC(=O)/C=C(/c1ccccc1)C(F)(F)F. The van der Waals surface area contributed by atoms with E-state index in [-0.39, 0.29) is 22.7 Å². The molecule has 7 heteroatoms. The number of para-hydroxylation sites is 1. The Kier molecular flexibility index (Phi) is 6.98. The van der Waals surface area contributed by atoms with Crippen molar-refractivity contribution in [2.45, 2.75) is 20.0 Å². The number of amides is 2. The Bertz CT molecular complexity index is 859. The largest absolute Gasteiger partial charge is 0.417 e. The summed E-state index contributed by atoms with van der Waals surface area (Å²) < 4.78 is 40.1. The summed E-state index contributed by atoms with van der Waals surface area (Å²) >= 11 is 0. The van der Waals surface area contributed by atoms with Crippen molar-refractivity contribution in [3.63, 3.8) is 0 Å². The van der Waals surface area contributed by atoms with E-state index in [1.54, 1.807) is 18.2 Å². The monoisotopic (exact) mass is 390 g/mol. The summed E-state index contributed by atoms with van der Waals surface area (Å²) in [6, 6.07) is 13.2. The van der Waals surface area contributed by atoms with Gasteiger partial charge in [-0.1, -0.05) is 56.3 Å². The van der Waals surface area contributed by atoms with E-state index in [2.05, 4.69) is 10.6 Å². The fraction of sp³-hybridized carbons (Fsp3) is 0.238. The fourth-order valence-electron chi connectivity index (χ4n) is 2.43. The van der Waals surface area contributed by atoms with E-state index in [9.17, 15) is 22.8 Å². The molecule has 2 aromatic carbocycles. The van der Waals surface area contributed by atoms with Crippen LogP contribution < -0.4 is 10.6 Å². The molecule has 0 aromatic heterocycles. The lowest BCUT2D eigenvalue weighted by molar-refractivity contribution is -0.112. The highest BCUT2D eigenvalue weighted by molar-refractivity contribution is 6.09. The number of benzene rings is 2. The molecule has 2 aromatic rings. The third kappa shape index (κ3) is 5.97. The molecule has 2 amide bonds. The molecule has 0 saturated heterocycles. The standard InChI is InChI=1S/C21H21F3N2O2/c1-14(2)13-25-20(28)16-10-6-7-11-18(16)26-19(27)12-17(21(22,23)24)15-8-4-3-5-9-15/h3-12,14H,13H2,1-2H3,(H,25,28)(H,26,27)/b17-12-. The molecule has 0 radical (unpaired) electrons. The van der Waals surface area contributed by atoms with E-state index in [1.807, 2.05) is 13.8 Å². The second kappa shape index (κ2) is 9.21. The average molecular weight is 390 g/mol. The summed E-state index contributed by atoms with van der Waals surface area (Å²) in [6.45, 7) is 4.30. The quantitative estimate of drug-likeness (QED) is 0.705. The van der Waals surface area contributed by atoms with Crippen LogP contribution in [0.1, 0.15) is 29.8 Å². The minimum absolute atomic E-state index is 0.117. The van der Waals surface area contributed by atoms with Gasteiger partial charge in [0.1, 0.15) is 0 Å². The molecule has 2 N–H and O–H groups in total. The number of carbonyl (C=O) groups excluding carboxylic acids is 2. The molecule has 4 nitrogen and oxygen atoms in total. The van der Waals surface area contributed by atoms with Crippen LogP contribution in [0.3, 0.4) is 0 Å². The minimum Gasteiger partial charge on any atom is -0.352 e. The van der Waals surface area contributed by atoms with Crippen molar-refractivity contribution in [3.8, 4) is 0 Å². The Hall–Kier alpha value is -3.09. The third-order valence-electron chi connectivity index (χ3n) is 3.77. The van der Waals surface area contributed by atoms with Gasteiger partial charge in [-0.25, -0.2) is 0 Å². The van der Waals surface area contributed by atoms with Crippen molar-refractivity contribution >= 4 is 23.1 Å². The van der Waals surface area contributed by atoms with Crippen molar-refractivity contribution in [1.29, 1.82) is 0 Å². The lowest BCUT2D eigenvalue weighted by atomic mass is 10.0. The highest BCUT2D eigenvalue weighted by Crippen LogP contribution is 2.33. The van der Waals surface area contributed by atoms with Gasteiger partial charge in [0, 0.05) is 12.6 Å². The van der Waals surface area contributed by atoms with Crippen LogP contribution in [0.2, 0.25) is 0 Å². The summed E-state index contributed by atoms with van der Waals surface area (Å²) in [5, 5.41) is 5.09. The Labute approximate surface area is 161 Å². The molecule has 0 fully saturated rings. The number of allylic oxidation sites excluding steroid dienone is 1. The number of hydrogen-bond donors (Lipinski definition) is 2. The van der Waals surface area contributed by atoms with E-state index in [4.69, 9.17) is 0 Å². The van der Waals surface area contributed by atoms with Crippen LogP contribution in [-0.4, -0.2) is 24.5 Å². The average Bonchev–Trinajstić information content (AvgIpc) is 2.64. The van der Waals surface area contributed by atoms with E-state index in [0.717, 1.165) is 0 Å². The molecule has 28 heavy (non-hydrogen) atoms. The molecule has 148 valence electrons. The summed E-state index contributed by atoms with van der Waals surface area (Å²) in [5.41, 5.74) is -0.863. The number of anilines is 1. The van der Waals surface area contributed by atoms with Crippen molar-refractivity contribution in [2.75, 3.05) is 11.9 Å². The Morgan fingerprint density at radius 1 is 1.00 bits per heavy atom. The molecule has 0 bridgehead atoms. The number of carbonyl (C=O) groups is 2. The number of alkyl halides is 3. The molecule has 0 aliphatic carbocycles. The van der Waals surface area contributed by atoms with E-state index in [0.29, 0.717) is 12.6 Å². The van der Waals surface area contributed by atoms with Gasteiger partial charge in [0.2, 0.25) is 5.91 Å². The predicted octanol–water partition coefficient (Wildman–Crippen LogP) is 4.66. The first-order valence-corrected chi connectivity index (χ1v) is 8.71. The van der Waals surface area contributed by atoms with Gasteiger partial charge in [-0.2, -0.15) is 13.2 Å². The topological polar surface area (TPSA) is 58.2 Å². The van der Waals surface area contributed by atoms with Crippen LogP contribution in [0.4, 0.5) is 18.9 Å². The van der Waals surface area contributed by atoms with E-state index in [1.165, 1.54) is 36.4 Å². The summed E-state index contributed by atoms with van der Waals surface area (Å²) in [7, 11) is 0. The van der Waals surface area contributed by atoms with Crippen molar-refractivity contribution in [1.82, 2.24) is 5.32 Å². The second-order valence-corrected chi connectivity index (χ2v) is 6.56. The van der Waals surface area contributed by atoms with Crippen molar-refractivity contribution in [3.05, 3.63) is 71.8 Å². The summed E-state index contributed by atoms with van der Waals surface area (Å²) in [6.07, 6.45) is -4.20. The Balaban J connectivity index is 2.27. The van der Waals surface area contributed by atoms with Crippen molar-refractivity contribution < 1.29 is 22.8 Å². The van der Waals surface area contributed by atoms with Gasteiger partial charge in [-0.05, 0) is 23.6 Å². The number of nitrogens with one attached hydrogen (secondary N) is 2. The zero-order valence-electron chi connectivity index (χ0n) is 15.5. The Morgan fingerprint density at radius 2 is 1.61 bits per heavy atom. The fourth-order valence-corrected chi connectivity index (χ4v) is 2.43. The van der Waals surface area contributed by atoms with Crippen LogP contribution in [0.25, 0.3) is 5.57 Å². The number of halogens is 3. The summed E-state index contributed by atoms with van der Waals surface area (Å²) in [5.74, 6) is -1.15. The molecule has 0 atom stereocenters. The second-order valence-electron chi connectivity index (χ2n) is 6.56. The zero-order chi connectivity index (χ0) is 20.7. The van der Waals surface area contributed by atoms with Crippen LogP contribution in [0.15, 0.2) is 60.7 Å². The number of hydrogen-bond acceptors (Lipinski definition) is 2. The van der Waals surface area contributed by atoms with Gasteiger partial charge >= 0.3 is 6.18 Å². The van der Waals surface area contributed by atoms with Crippen LogP contribution in [0.5, 0.6) is 0 Å². The molecular weight excluding hydrogens is 369 g/mol. The first kappa shape index (κ1) is 21.2. The normalized spacial score (nSPS) is 12.0. The van der Waals surface area contributed by atoms with Gasteiger partial charge in [0.25, 0.3) is 5.91 Å². The predicted molar refractivity (Wildman–Crippen MR) is 103 cm³/mol. The molecule has 0 saturated carbocycles. The Morgan fingerprint density at radius 3 is 2.21 bits per heavy atom. The molecule has 0 aliphatic rings. The van der Waals surface area contributed by atoms with Gasteiger partial charge in [-0.3, -0.25) is 9.59 Å². The van der Waals surface area contributed by atoms with Gasteiger partial charge in [0.05, 0.1) is 16.8 Å². The molecule has 0 spiro atoms. The minimum atomic E-state index is -4.70. The van der Waals surface area contributed by atoms with Gasteiger partial charge in [-0.15, -0.1) is 0 Å². The first-order valence-electron chi connectivity index (χ1n) is 8.71. The maximum Gasteiger partial charge on any atom is 0.417 e. The van der Waals surface area contributed by atoms with E-state index < -0.39 is 23.6 Å². The lowest BCUT2D eigenvalue weighted by Crippen LogP contribution is -2.28. The molecule has 0 aliphatic heterocycles. The highest BCUT2D eigenvalue weighted by Gasteiger charge is 2.35. The molecular formula is C21H21F3N2O2. The van der Waals surface area contributed by atoms with E-state index >= 15 is 0 Å². The summed E-state index contributed by atoms with van der Waals surface area (Å²) in [4.78, 5) is 24.6. The van der Waals surface area contributed by atoms with Crippen LogP contribution >= 0.6 is 0 Å². The van der Waals surface area contributed by atoms with Crippen LogP contribution in [0, 0.1) is 5.92 Å². The zero-order valence-corrected chi connectivity index (χ0v) is 15.5. The highest BCUT2D eigenvalue weighted by atomic mass is 19.4. The number of rotatable bonds is 6. The van der Waals surface area contributed by atoms with Gasteiger partial charge in [0.15, 0.2) is 0 Å². The first-order chi connectivity index (χ1) is 13.2. The smallest absolute Gasteiger partial charge is 0.352 e. The molecule has 2 rings (SSSR count). The van der Waals surface area contributed by atoms with Crippen LogP contribution in [-0.2, 0) is 4.79 Å². The van der Waals surface area contributed by atoms with Crippen molar-refractivity contribution in [2.24, 2.45) is 5.92 Å². The third-order valence-corrected chi connectivity index (χ3v) is 3.77. The molecule has 0 unspecified atom stereocenters. The lowest BCUT2D eigenvalue weighted by Gasteiger charge is -2.14. The molecule has 0 heterocycles. The maximum atomic E-state index is 13.4. The maximum absolute atomic E-state index is 13.4. The van der Waals surface area contributed by atoms with Gasteiger partial charge < -0.3 is 10.6 Å².